The molecule has 0 atom stereocenters. The summed E-state index contributed by atoms with van der Waals surface area (Å²) in [4.78, 5) is 9.00. The quantitative estimate of drug-likeness (QED) is 0.814. The van der Waals surface area contributed by atoms with E-state index in [2.05, 4.69) is 21.7 Å². The molecular weight excluding hydrogens is 204 g/mol. The minimum absolute atomic E-state index is 0.444. The molecule has 0 aliphatic carbocycles. The first-order valence-electron chi connectivity index (χ1n) is 5.95. The van der Waals surface area contributed by atoms with Gasteiger partial charge in [-0.15, -0.1) is 0 Å². The van der Waals surface area contributed by atoms with Crippen LogP contribution in [0.2, 0.25) is 0 Å². The van der Waals surface area contributed by atoms with Crippen LogP contribution in [-0.4, -0.2) is 42.6 Å². The average Bonchev–Trinajstić information content (AvgIpc) is 2.79. The number of aromatic nitrogens is 1. The second-order valence-electron chi connectivity index (χ2n) is 4.15. The Kier molecular flexibility index (Phi) is 3.79. The van der Waals surface area contributed by atoms with E-state index in [1.165, 1.54) is 13.0 Å². The summed E-state index contributed by atoms with van der Waals surface area (Å²) in [5.74, 6) is 0. The number of hydrogen-bond donors (Lipinski definition) is 1. The van der Waals surface area contributed by atoms with E-state index in [-0.39, 0.29) is 0 Å². The van der Waals surface area contributed by atoms with Crippen molar-refractivity contribution in [2.75, 3.05) is 37.6 Å². The van der Waals surface area contributed by atoms with Crippen molar-refractivity contribution in [3.05, 3.63) is 12.0 Å². The Morgan fingerprint density at radius 3 is 2.69 bits per heavy atom. The zero-order chi connectivity index (χ0) is 11.4. The maximum absolute atomic E-state index is 5.51. The third kappa shape index (κ3) is 2.54. The second-order valence-corrected chi connectivity index (χ2v) is 4.15. The van der Waals surface area contributed by atoms with Crippen LogP contribution in [0.4, 0.5) is 6.01 Å². The summed E-state index contributed by atoms with van der Waals surface area (Å²) in [7, 11) is 0. The Bertz CT molecular complexity index is 318. The lowest BCUT2D eigenvalue weighted by atomic mass is 10.3. The van der Waals surface area contributed by atoms with E-state index in [4.69, 9.17) is 10.2 Å². The van der Waals surface area contributed by atoms with Gasteiger partial charge in [0.2, 0.25) is 0 Å². The van der Waals surface area contributed by atoms with E-state index in [0.29, 0.717) is 6.54 Å². The SMILES string of the molecule is CCCN1CCN(c2nc(CN)co2)CC1. The molecule has 0 bridgehead atoms. The minimum Gasteiger partial charge on any atom is -0.432 e. The molecule has 0 amide bonds. The summed E-state index contributed by atoms with van der Waals surface area (Å²) in [6.45, 7) is 8.01. The van der Waals surface area contributed by atoms with Gasteiger partial charge in [0.25, 0.3) is 6.01 Å². The molecule has 2 N–H and O–H groups in total. The van der Waals surface area contributed by atoms with Gasteiger partial charge in [-0.1, -0.05) is 6.92 Å². The first-order valence-corrected chi connectivity index (χ1v) is 5.95. The van der Waals surface area contributed by atoms with E-state index < -0.39 is 0 Å². The fourth-order valence-electron chi connectivity index (χ4n) is 2.01. The summed E-state index contributed by atoms with van der Waals surface area (Å²) >= 11 is 0. The molecule has 5 heteroatoms. The molecule has 1 aliphatic rings. The van der Waals surface area contributed by atoms with Crippen molar-refractivity contribution in [1.82, 2.24) is 9.88 Å². The number of rotatable bonds is 4. The smallest absolute Gasteiger partial charge is 0.297 e. The van der Waals surface area contributed by atoms with E-state index in [9.17, 15) is 0 Å². The predicted octanol–water partition coefficient (Wildman–Crippen LogP) is 0.665. The highest BCUT2D eigenvalue weighted by Crippen LogP contribution is 2.15. The largest absolute Gasteiger partial charge is 0.432 e. The Labute approximate surface area is 96.2 Å². The average molecular weight is 224 g/mol. The fraction of sp³-hybridized carbons (Fsp3) is 0.727. The van der Waals surface area contributed by atoms with Crippen molar-refractivity contribution in [3.63, 3.8) is 0 Å². The van der Waals surface area contributed by atoms with Crippen molar-refractivity contribution in [3.8, 4) is 0 Å². The van der Waals surface area contributed by atoms with Crippen LogP contribution in [-0.2, 0) is 6.54 Å². The summed E-state index contributed by atoms with van der Waals surface area (Å²) < 4.78 is 5.41. The molecule has 0 spiro atoms. The molecule has 0 aromatic carbocycles. The van der Waals surface area contributed by atoms with E-state index in [0.717, 1.165) is 37.9 Å². The molecule has 2 rings (SSSR count). The first-order chi connectivity index (χ1) is 7.83. The third-order valence-electron chi connectivity index (χ3n) is 2.93. The Balaban J connectivity index is 1.88. The zero-order valence-electron chi connectivity index (χ0n) is 9.85. The van der Waals surface area contributed by atoms with Gasteiger partial charge in [0.15, 0.2) is 0 Å². The predicted molar refractivity (Wildman–Crippen MR) is 63.3 cm³/mol. The molecule has 1 aromatic rings. The van der Waals surface area contributed by atoms with Crippen LogP contribution in [0.25, 0.3) is 0 Å². The molecule has 90 valence electrons. The summed E-state index contributed by atoms with van der Waals surface area (Å²) in [5, 5.41) is 0. The molecule has 1 aromatic heterocycles. The number of piperazine rings is 1. The molecule has 1 fully saturated rings. The molecule has 1 aliphatic heterocycles. The zero-order valence-corrected chi connectivity index (χ0v) is 9.85. The lowest BCUT2D eigenvalue weighted by Gasteiger charge is -2.33. The van der Waals surface area contributed by atoms with Gasteiger partial charge in [0, 0.05) is 32.7 Å². The van der Waals surface area contributed by atoms with Crippen molar-refractivity contribution in [2.45, 2.75) is 19.9 Å². The standard InChI is InChI=1S/C11H20N4O/c1-2-3-14-4-6-15(7-5-14)11-13-10(8-12)9-16-11/h9H,2-8,12H2,1H3. The Morgan fingerprint density at radius 1 is 1.38 bits per heavy atom. The van der Waals surface area contributed by atoms with Crippen LogP contribution in [0, 0.1) is 0 Å². The van der Waals surface area contributed by atoms with Gasteiger partial charge in [0.05, 0.1) is 5.69 Å². The van der Waals surface area contributed by atoms with Crippen LogP contribution >= 0.6 is 0 Å². The maximum Gasteiger partial charge on any atom is 0.297 e. The summed E-state index contributed by atoms with van der Waals surface area (Å²) in [6.07, 6.45) is 2.87. The highest BCUT2D eigenvalue weighted by atomic mass is 16.4. The van der Waals surface area contributed by atoms with Crippen LogP contribution in [0.1, 0.15) is 19.0 Å². The van der Waals surface area contributed by atoms with Gasteiger partial charge in [-0.2, -0.15) is 4.98 Å². The minimum atomic E-state index is 0.444. The molecule has 0 unspecified atom stereocenters. The molecule has 0 radical (unpaired) electrons. The second kappa shape index (κ2) is 5.32. The highest BCUT2D eigenvalue weighted by Gasteiger charge is 2.19. The van der Waals surface area contributed by atoms with Gasteiger partial charge >= 0.3 is 0 Å². The van der Waals surface area contributed by atoms with Crippen LogP contribution in [0.3, 0.4) is 0 Å². The molecule has 5 nitrogen and oxygen atoms in total. The number of nitrogens with zero attached hydrogens (tertiary/aromatic N) is 3. The molecule has 16 heavy (non-hydrogen) atoms. The number of oxazole rings is 1. The Hall–Kier alpha value is -1.07. The van der Waals surface area contributed by atoms with Gasteiger partial charge < -0.3 is 15.1 Å². The Morgan fingerprint density at radius 2 is 2.12 bits per heavy atom. The van der Waals surface area contributed by atoms with Gasteiger partial charge in [-0.25, -0.2) is 0 Å². The third-order valence-corrected chi connectivity index (χ3v) is 2.93. The lowest BCUT2D eigenvalue weighted by molar-refractivity contribution is 0.253. The van der Waals surface area contributed by atoms with Crippen LogP contribution in [0.15, 0.2) is 10.7 Å². The molecule has 0 saturated carbocycles. The highest BCUT2D eigenvalue weighted by molar-refractivity contribution is 5.27. The van der Waals surface area contributed by atoms with E-state index >= 15 is 0 Å². The first kappa shape index (κ1) is 11.4. The van der Waals surface area contributed by atoms with Crippen molar-refractivity contribution in [1.29, 1.82) is 0 Å². The van der Waals surface area contributed by atoms with Gasteiger partial charge in [-0.3, -0.25) is 4.90 Å². The van der Waals surface area contributed by atoms with Gasteiger partial charge in [-0.05, 0) is 13.0 Å². The number of nitrogens with two attached hydrogens (primary N) is 1. The van der Waals surface area contributed by atoms with E-state index in [1.54, 1.807) is 6.26 Å². The summed E-state index contributed by atoms with van der Waals surface area (Å²) in [6, 6.07) is 0.719. The normalized spacial score (nSPS) is 18.0. The molecular formula is C11H20N4O. The maximum atomic E-state index is 5.51. The fourth-order valence-corrected chi connectivity index (χ4v) is 2.01. The van der Waals surface area contributed by atoms with Crippen LogP contribution in [0.5, 0.6) is 0 Å². The van der Waals surface area contributed by atoms with Gasteiger partial charge in [0.1, 0.15) is 6.26 Å². The molecule has 1 saturated heterocycles. The van der Waals surface area contributed by atoms with Crippen molar-refractivity contribution < 1.29 is 4.42 Å². The number of anilines is 1. The number of hydrogen-bond acceptors (Lipinski definition) is 5. The van der Waals surface area contributed by atoms with E-state index in [1.807, 2.05) is 0 Å². The summed E-state index contributed by atoms with van der Waals surface area (Å²) in [5.41, 5.74) is 6.33. The monoisotopic (exact) mass is 224 g/mol. The van der Waals surface area contributed by atoms with Crippen molar-refractivity contribution in [2.24, 2.45) is 5.73 Å². The van der Waals surface area contributed by atoms with Crippen molar-refractivity contribution >= 4 is 6.01 Å². The lowest BCUT2D eigenvalue weighted by Crippen LogP contribution is -2.46. The topological polar surface area (TPSA) is 58.5 Å². The van der Waals surface area contributed by atoms with Crippen LogP contribution < -0.4 is 10.6 Å². The molecule has 2 heterocycles.